The maximum absolute atomic E-state index is 11.0. The van der Waals surface area contributed by atoms with Gasteiger partial charge in [-0.3, -0.25) is 0 Å². The number of para-hydroxylation sites is 1. The van der Waals surface area contributed by atoms with E-state index >= 15 is 0 Å². The molecule has 1 N–H and O–H groups in total. The number of amides is 1. The molecule has 0 aliphatic heterocycles. The molecular formula is C10H11NO3. The van der Waals surface area contributed by atoms with E-state index in [4.69, 9.17) is 4.74 Å². The number of hydrogen-bond acceptors (Lipinski definition) is 3. The van der Waals surface area contributed by atoms with Gasteiger partial charge in [0.25, 0.3) is 0 Å². The molecule has 74 valence electrons. The Morgan fingerprint density at radius 3 is 2.86 bits per heavy atom. The Bertz CT molecular complexity index is 336. The van der Waals surface area contributed by atoms with Crippen LogP contribution < -0.4 is 10.1 Å². The minimum absolute atomic E-state index is 0.0370. The third-order valence-corrected chi connectivity index (χ3v) is 1.63. The van der Waals surface area contributed by atoms with Crippen LogP contribution in [-0.2, 0) is 4.79 Å². The third-order valence-electron chi connectivity index (χ3n) is 1.63. The number of aldehydes is 1. The Hall–Kier alpha value is -1.84. The lowest BCUT2D eigenvalue weighted by Gasteiger charge is -2.06. The molecule has 1 rings (SSSR count). The van der Waals surface area contributed by atoms with Gasteiger partial charge in [0.2, 0.25) is 0 Å². The fourth-order valence-corrected chi connectivity index (χ4v) is 0.932. The lowest BCUT2D eigenvalue weighted by atomic mass is 10.2. The number of carbonyl (C=O) groups is 2. The number of rotatable bonds is 3. The monoisotopic (exact) mass is 193 g/mol. The van der Waals surface area contributed by atoms with Gasteiger partial charge in [0.15, 0.2) is 0 Å². The maximum atomic E-state index is 11.0. The van der Waals surface area contributed by atoms with Crippen LogP contribution in [0.1, 0.15) is 5.56 Å². The highest BCUT2D eigenvalue weighted by Gasteiger charge is 2.04. The van der Waals surface area contributed by atoms with Crippen LogP contribution in [0.25, 0.3) is 0 Å². The number of aryl methyl sites for hydroxylation is 1. The van der Waals surface area contributed by atoms with Gasteiger partial charge in [-0.1, -0.05) is 18.2 Å². The summed E-state index contributed by atoms with van der Waals surface area (Å²) in [6.45, 7) is 1.80. The van der Waals surface area contributed by atoms with Crippen molar-refractivity contribution in [2.24, 2.45) is 0 Å². The summed E-state index contributed by atoms with van der Waals surface area (Å²) in [5, 5.41) is 2.28. The van der Waals surface area contributed by atoms with Crippen molar-refractivity contribution in [2.75, 3.05) is 6.54 Å². The first kappa shape index (κ1) is 10.2. The van der Waals surface area contributed by atoms with E-state index in [9.17, 15) is 9.59 Å². The van der Waals surface area contributed by atoms with Crippen molar-refractivity contribution in [3.05, 3.63) is 29.8 Å². The first-order valence-electron chi connectivity index (χ1n) is 4.19. The smallest absolute Gasteiger partial charge is 0.410 e. The molecule has 0 fully saturated rings. The summed E-state index contributed by atoms with van der Waals surface area (Å²) < 4.78 is 4.94. The van der Waals surface area contributed by atoms with Gasteiger partial charge in [-0.05, 0) is 18.6 Å². The van der Waals surface area contributed by atoms with Gasteiger partial charge in [0.05, 0.1) is 6.54 Å². The van der Waals surface area contributed by atoms with Crippen molar-refractivity contribution in [2.45, 2.75) is 6.92 Å². The molecule has 0 heterocycles. The highest BCUT2D eigenvalue weighted by molar-refractivity contribution is 5.73. The molecule has 0 saturated heterocycles. The number of carbonyl (C=O) groups excluding carboxylic acids is 2. The van der Waals surface area contributed by atoms with Crippen molar-refractivity contribution in [1.29, 1.82) is 0 Å². The van der Waals surface area contributed by atoms with Crippen molar-refractivity contribution in [3.63, 3.8) is 0 Å². The average molecular weight is 193 g/mol. The van der Waals surface area contributed by atoms with Crippen LogP contribution in [0, 0.1) is 6.92 Å². The quantitative estimate of drug-likeness (QED) is 0.736. The van der Waals surface area contributed by atoms with Crippen molar-refractivity contribution >= 4 is 12.4 Å². The molecule has 4 heteroatoms. The third kappa shape index (κ3) is 2.90. The van der Waals surface area contributed by atoms with Gasteiger partial charge in [-0.15, -0.1) is 0 Å². The number of hydrogen-bond donors (Lipinski definition) is 1. The van der Waals surface area contributed by atoms with E-state index in [2.05, 4.69) is 5.32 Å². The molecule has 4 nitrogen and oxygen atoms in total. The second-order valence-corrected chi connectivity index (χ2v) is 2.70. The van der Waals surface area contributed by atoms with Crippen molar-refractivity contribution < 1.29 is 14.3 Å². The number of nitrogens with one attached hydrogen (secondary N) is 1. The highest BCUT2D eigenvalue weighted by atomic mass is 16.6. The summed E-state index contributed by atoms with van der Waals surface area (Å²) in [5.41, 5.74) is 0.869. The molecule has 0 aliphatic rings. The molecule has 14 heavy (non-hydrogen) atoms. The van der Waals surface area contributed by atoms with Crippen molar-refractivity contribution in [1.82, 2.24) is 5.32 Å². The minimum Gasteiger partial charge on any atom is -0.410 e. The molecule has 0 bridgehead atoms. The maximum Gasteiger partial charge on any atom is 0.412 e. The van der Waals surface area contributed by atoms with E-state index in [1.54, 1.807) is 12.1 Å². The van der Waals surface area contributed by atoms with E-state index < -0.39 is 6.09 Å². The summed E-state index contributed by atoms with van der Waals surface area (Å²) in [6.07, 6.45) is -0.0227. The van der Waals surface area contributed by atoms with Crippen LogP contribution in [-0.4, -0.2) is 18.9 Å². The molecule has 0 atom stereocenters. The summed E-state index contributed by atoms with van der Waals surface area (Å²) in [6, 6.07) is 7.15. The van der Waals surface area contributed by atoms with Gasteiger partial charge < -0.3 is 14.8 Å². The molecular weight excluding hydrogens is 182 g/mol. The van der Waals surface area contributed by atoms with Crippen LogP contribution in [0.2, 0.25) is 0 Å². The zero-order valence-electron chi connectivity index (χ0n) is 7.82. The number of ether oxygens (including phenoxy) is 1. The fourth-order valence-electron chi connectivity index (χ4n) is 0.932. The predicted molar refractivity (Wildman–Crippen MR) is 51.3 cm³/mol. The van der Waals surface area contributed by atoms with E-state index in [-0.39, 0.29) is 6.54 Å². The largest absolute Gasteiger partial charge is 0.412 e. The van der Waals surface area contributed by atoms with Crippen LogP contribution in [0.5, 0.6) is 5.75 Å². The Morgan fingerprint density at radius 2 is 2.21 bits per heavy atom. The molecule has 1 aromatic carbocycles. The summed E-state index contributed by atoms with van der Waals surface area (Å²) >= 11 is 0. The predicted octanol–water partition coefficient (Wildman–Crippen LogP) is 1.28. The molecule has 0 aliphatic carbocycles. The van der Waals surface area contributed by atoms with Crippen molar-refractivity contribution in [3.8, 4) is 5.75 Å². The SMILES string of the molecule is Cc1ccccc1OC(=O)NCC=O. The normalized spacial score (nSPS) is 9.21. The fraction of sp³-hybridized carbons (Fsp3) is 0.200. The van der Waals surface area contributed by atoms with Crippen LogP contribution in [0.4, 0.5) is 4.79 Å². The van der Waals surface area contributed by atoms with Gasteiger partial charge in [0, 0.05) is 0 Å². The second-order valence-electron chi connectivity index (χ2n) is 2.70. The topological polar surface area (TPSA) is 55.4 Å². The van der Waals surface area contributed by atoms with Crippen LogP contribution in [0.15, 0.2) is 24.3 Å². The molecule has 0 aromatic heterocycles. The first-order valence-corrected chi connectivity index (χ1v) is 4.19. The standard InChI is InChI=1S/C10H11NO3/c1-8-4-2-3-5-9(8)14-10(13)11-6-7-12/h2-5,7H,6H2,1H3,(H,11,13). The Labute approximate surface area is 81.9 Å². The lowest BCUT2D eigenvalue weighted by molar-refractivity contribution is -0.107. The molecule has 0 saturated carbocycles. The summed E-state index contributed by atoms with van der Waals surface area (Å²) in [5.74, 6) is 0.496. The molecule has 0 unspecified atom stereocenters. The minimum atomic E-state index is -0.619. The van der Waals surface area contributed by atoms with Crippen LogP contribution in [0.3, 0.4) is 0 Å². The zero-order valence-corrected chi connectivity index (χ0v) is 7.82. The summed E-state index contributed by atoms with van der Waals surface area (Å²) in [7, 11) is 0. The summed E-state index contributed by atoms with van der Waals surface area (Å²) in [4.78, 5) is 21.0. The zero-order chi connectivity index (χ0) is 10.4. The lowest BCUT2D eigenvalue weighted by Crippen LogP contribution is -2.28. The van der Waals surface area contributed by atoms with Gasteiger partial charge in [0.1, 0.15) is 12.0 Å². The Balaban J connectivity index is 2.56. The van der Waals surface area contributed by atoms with Gasteiger partial charge in [-0.25, -0.2) is 4.79 Å². The van der Waals surface area contributed by atoms with E-state index in [1.807, 2.05) is 19.1 Å². The molecule has 1 aromatic rings. The average Bonchev–Trinajstić information content (AvgIpc) is 2.18. The number of benzene rings is 1. The molecule has 0 spiro atoms. The molecule has 0 radical (unpaired) electrons. The molecule has 1 amide bonds. The highest BCUT2D eigenvalue weighted by Crippen LogP contribution is 2.15. The van der Waals surface area contributed by atoms with E-state index in [1.165, 1.54) is 0 Å². The van der Waals surface area contributed by atoms with Gasteiger partial charge >= 0.3 is 6.09 Å². The Kier molecular flexibility index (Phi) is 3.67. The van der Waals surface area contributed by atoms with Gasteiger partial charge in [-0.2, -0.15) is 0 Å². The van der Waals surface area contributed by atoms with Crippen LogP contribution >= 0.6 is 0 Å². The first-order chi connectivity index (χ1) is 6.74. The second kappa shape index (κ2) is 5.01. The van der Waals surface area contributed by atoms with E-state index in [0.29, 0.717) is 12.0 Å². The Morgan fingerprint density at radius 1 is 1.50 bits per heavy atom. The van der Waals surface area contributed by atoms with E-state index in [0.717, 1.165) is 5.56 Å².